The third-order valence-corrected chi connectivity index (χ3v) is 5.81. The van der Waals surface area contributed by atoms with Gasteiger partial charge in [0.1, 0.15) is 0 Å². The smallest absolute Gasteiger partial charge is 0.176 e. The lowest BCUT2D eigenvalue weighted by atomic mass is 9.69. The van der Waals surface area contributed by atoms with E-state index in [2.05, 4.69) is 12.1 Å². The van der Waals surface area contributed by atoms with Crippen molar-refractivity contribution in [3.05, 3.63) is 70.8 Å². The van der Waals surface area contributed by atoms with E-state index in [1.807, 2.05) is 41.3 Å². The average molecular weight is 374 g/mol. The molecule has 132 valence electrons. The molecule has 5 heteroatoms. The lowest BCUT2D eigenvalue weighted by molar-refractivity contribution is -0.118. The van der Waals surface area contributed by atoms with Gasteiger partial charge in [-0.2, -0.15) is 10.5 Å². The molecule has 4 rings (SSSR count). The molecule has 2 aliphatic heterocycles. The quantitative estimate of drug-likeness (QED) is 0.785. The van der Waals surface area contributed by atoms with Crippen molar-refractivity contribution in [1.82, 2.24) is 0 Å². The molecule has 2 heterocycles. The average Bonchev–Trinajstić information content (AvgIpc) is 3.00. The van der Waals surface area contributed by atoms with Gasteiger partial charge in [-0.25, -0.2) is 0 Å². The highest BCUT2D eigenvalue weighted by Crippen LogP contribution is 2.55. The summed E-state index contributed by atoms with van der Waals surface area (Å²) in [6.07, 6.45) is 3.81. The summed E-state index contributed by atoms with van der Waals surface area (Å²) in [7, 11) is 0. The first-order chi connectivity index (χ1) is 13.0. The second-order valence-corrected chi connectivity index (χ2v) is 7.38. The number of hydrogen-bond acceptors (Lipinski definition) is 4. The highest BCUT2D eigenvalue weighted by molar-refractivity contribution is 6.30. The molecule has 2 aliphatic rings. The number of hydrogen-bond donors (Lipinski definition) is 0. The van der Waals surface area contributed by atoms with E-state index in [9.17, 15) is 15.3 Å². The number of nitrogens with zero attached hydrogens (tertiary/aromatic N) is 3. The van der Waals surface area contributed by atoms with Gasteiger partial charge in [-0.1, -0.05) is 54.1 Å². The van der Waals surface area contributed by atoms with Gasteiger partial charge in [0.05, 0.1) is 24.2 Å². The normalized spacial score (nSPS) is 24.4. The molecule has 0 unspecified atom stereocenters. The highest BCUT2D eigenvalue weighted by atomic mass is 35.5. The number of rotatable bonds is 2. The predicted octanol–water partition coefficient (Wildman–Crippen LogP) is 4.33. The van der Waals surface area contributed by atoms with Gasteiger partial charge in [0, 0.05) is 16.6 Å². The van der Waals surface area contributed by atoms with Gasteiger partial charge >= 0.3 is 0 Å². The number of anilines is 1. The first kappa shape index (κ1) is 17.3. The molecule has 0 radical (unpaired) electrons. The van der Waals surface area contributed by atoms with Gasteiger partial charge in [-0.3, -0.25) is 4.79 Å². The molecular weight excluding hydrogens is 358 g/mol. The van der Waals surface area contributed by atoms with Crippen LogP contribution in [-0.2, 0) is 4.79 Å². The Hall–Kier alpha value is -3.08. The summed E-state index contributed by atoms with van der Waals surface area (Å²) < 4.78 is 0. The minimum Gasteiger partial charge on any atom is -0.351 e. The highest BCUT2D eigenvalue weighted by Gasteiger charge is 2.62. The summed E-state index contributed by atoms with van der Waals surface area (Å²) in [5, 5.41) is 20.8. The van der Waals surface area contributed by atoms with Crippen LogP contribution in [0.2, 0.25) is 5.02 Å². The van der Waals surface area contributed by atoms with Crippen LogP contribution in [-0.4, -0.2) is 17.9 Å². The zero-order valence-corrected chi connectivity index (χ0v) is 15.4. The SMILES string of the molecule is CC(=O)[C@@H]1[C@@H](c2ccc(Cl)cc2)C(C#N)(C#N)[C@@H]2C=Cc3ccccc3N12. The number of carbonyl (C=O) groups excluding carboxylic acids is 1. The van der Waals surface area contributed by atoms with E-state index in [4.69, 9.17) is 11.6 Å². The molecule has 2 aromatic rings. The van der Waals surface area contributed by atoms with Crippen molar-refractivity contribution in [2.75, 3.05) is 4.90 Å². The molecule has 0 N–H and O–H groups in total. The molecule has 1 saturated heterocycles. The maximum absolute atomic E-state index is 12.8. The Morgan fingerprint density at radius 1 is 1.11 bits per heavy atom. The summed E-state index contributed by atoms with van der Waals surface area (Å²) in [6.45, 7) is 1.52. The minimum absolute atomic E-state index is 0.0718. The van der Waals surface area contributed by atoms with Gasteiger partial charge in [-0.05, 0) is 36.2 Å². The second-order valence-electron chi connectivity index (χ2n) is 6.95. The maximum atomic E-state index is 12.8. The van der Waals surface area contributed by atoms with Crippen molar-refractivity contribution in [3.8, 4) is 12.1 Å². The Bertz CT molecular complexity index is 1010. The van der Waals surface area contributed by atoms with Gasteiger partial charge in [-0.15, -0.1) is 0 Å². The van der Waals surface area contributed by atoms with Gasteiger partial charge in [0.2, 0.25) is 0 Å². The monoisotopic (exact) mass is 373 g/mol. The largest absolute Gasteiger partial charge is 0.351 e. The Kier molecular flexibility index (Phi) is 4.02. The standard InChI is InChI=1S/C22H16ClN3O/c1-14(27)21-20(16-6-9-17(23)10-7-16)22(12-24,13-25)19-11-8-15-4-2-3-5-18(15)26(19)21/h2-11,19-21H,1H3/t19-,20+,21+/m0/s1. The Morgan fingerprint density at radius 2 is 1.78 bits per heavy atom. The first-order valence-corrected chi connectivity index (χ1v) is 9.05. The van der Waals surface area contributed by atoms with Gasteiger partial charge in [0.15, 0.2) is 11.2 Å². The molecule has 4 nitrogen and oxygen atoms in total. The van der Waals surface area contributed by atoms with E-state index in [-0.39, 0.29) is 5.78 Å². The molecule has 0 bridgehead atoms. The van der Waals surface area contributed by atoms with E-state index < -0.39 is 23.4 Å². The predicted molar refractivity (Wildman–Crippen MR) is 104 cm³/mol. The summed E-state index contributed by atoms with van der Waals surface area (Å²) >= 11 is 6.03. The molecule has 0 saturated carbocycles. The number of para-hydroxylation sites is 1. The summed E-state index contributed by atoms with van der Waals surface area (Å²) in [5.41, 5.74) is 1.23. The number of fused-ring (bicyclic) bond motifs is 3. The zero-order chi connectivity index (χ0) is 19.2. The van der Waals surface area contributed by atoms with Crippen molar-refractivity contribution in [1.29, 1.82) is 10.5 Å². The van der Waals surface area contributed by atoms with Crippen LogP contribution in [0, 0.1) is 28.1 Å². The second kappa shape index (κ2) is 6.27. The van der Waals surface area contributed by atoms with Crippen LogP contribution in [0.5, 0.6) is 0 Å². The van der Waals surface area contributed by atoms with Gasteiger partial charge < -0.3 is 4.90 Å². The molecule has 1 fully saturated rings. The van der Waals surface area contributed by atoms with Crippen LogP contribution in [0.3, 0.4) is 0 Å². The fraction of sp³-hybridized carbons (Fsp3) is 0.227. The summed E-state index contributed by atoms with van der Waals surface area (Å²) in [5.74, 6) is -0.652. The molecule has 0 aliphatic carbocycles. The molecule has 3 atom stereocenters. The molecule has 0 aromatic heterocycles. The van der Waals surface area contributed by atoms with Crippen LogP contribution in [0.25, 0.3) is 6.08 Å². The number of ketones is 1. The van der Waals surface area contributed by atoms with E-state index >= 15 is 0 Å². The number of halogens is 1. The number of Topliss-reactive ketones (excluding diaryl/α,β-unsaturated/α-hetero) is 1. The van der Waals surface area contributed by atoms with E-state index in [0.29, 0.717) is 5.02 Å². The minimum atomic E-state index is -1.38. The summed E-state index contributed by atoms with van der Waals surface area (Å²) in [4.78, 5) is 14.7. The van der Waals surface area contributed by atoms with Crippen LogP contribution in [0.1, 0.15) is 24.0 Å². The van der Waals surface area contributed by atoms with Crippen LogP contribution in [0.15, 0.2) is 54.6 Å². The van der Waals surface area contributed by atoms with Crippen molar-refractivity contribution in [2.24, 2.45) is 5.41 Å². The van der Waals surface area contributed by atoms with Gasteiger partial charge in [0.25, 0.3) is 0 Å². The van der Waals surface area contributed by atoms with Crippen LogP contribution < -0.4 is 4.90 Å². The fourth-order valence-electron chi connectivity index (χ4n) is 4.43. The van der Waals surface area contributed by atoms with Crippen LogP contribution in [0.4, 0.5) is 5.69 Å². The third-order valence-electron chi connectivity index (χ3n) is 5.56. The number of nitriles is 2. The fourth-order valence-corrected chi connectivity index (χ4v) is 4.56. The van der Waals surface area contributed by atoms with Crippen molar-refractivity contribution in [2.45, 2.75) is 24.9 Å². The van der Waals surface area contributed by atoms with E-state index in [1.54, 1.807) is 24.3 Å². The van der Waals surface area contributed by atoms with Crippen molar-refractivity contribution in [3.63, 3.8) is 0 Å². The van der Waals surface area contributed by atoms with Crippen LogP contribution >= 0.6 is 11.6 Å². The molecule has 0 amide bonds. The number of benzene rings is 2. The first-order valence-electron chi connectivity index (χ1n) is 8.67. The third kappa shape index (κ3) is 2.38. The van der Waals surface area contributed by atoms with Crippen molar-refractivity contribution >= 4 is 29.1 Å². The maximum Gasteiger partial charge on any atom is 0.176 e. The molecule has 2 aromatic carbocycles. The Morgan fingerprint density at radius 3 is 2.41 bits per heavy atom. The Balaban J connectivity index is 1.99. The molecular formula is C22H16ClN3O. The number of carbonyl (C=O) groups is 1. The molecule has 0 spiro atoms. The topological polar surface area (TPSA) is 67.9 Å². The molecule has 27 heavy (non-hydrogen) atoms. The van der Waals surface area contributed by atoms with E-state index in [1.165, 1.54) is 6.92 Å². The lowest BCUT2D eigenvalue weighted by Crippen LogP contribution is -2.43. The van der Waals surface area contributed by atoms with E-state index in [0.717, 1.165) is 16.8 Å². The zero-order valence-electron chi connectivity index (χ0n) is 14.6. The Labute approximate surface area is 162 Å². The van der Waals surface area contributed by atoms with Crippen molar-refractivity contribution < 1.29 is 4.79 Å². The lowest BCUT2D eigenvalue weighted by Gasteiger charge is -2.35. The summed E-state index contributed by atoms with van der Waals surface area (Å²) in [6, 6.07) is 18.2.